The smallest absolute Gasteiger partial charge is 0.221 e. The Balaban J connectivity index is 1.53. The summed E-state index contributed by atoms with van der Waals surface area (Å²) in [4.78, 5) is 13.4. The maximum Gasteiger partial charge on any atom is 0.221 e. The summed E-state index contributed by atoms with van der Waals surface area (Å²) >= 11 is 6.83. The largest absolute Gasteiger partial charge is 0.465 e. The van der Waals surface area contributed by atoms with Crippen LogP contribution in [0.2, 0.25) is 0 Å². The number of rotatable bonds is 3. The Kier molecular flexibility index (Phi) is 4.69. The van der Waals surface area contributed by atoms with Crippen molar-refractivity contribution in [3.05, 3.63) is 82.9 Å². The molecule has 1 aliphatic carbocycles. The third-order valence-corrected chi connectivity index (χ3v) is 7.17. The normalized spacial score (nSPS) is 21.4. The Morgan fingerprint density at radius 1 is 0.964 bits per heavy atom. The second kappa shape index (κ2) is 7.34. The molecule has 0 aromatic heterocycles. The minimum Gasteiger partial charge on any atom is -0.465 e. The van der Waals surface area contributed by atoms with Gasteiger partial charge in [0.05, 0.1) is 5.25 Å². The van der Waals surface area contributed by atoms with Gasteiger partial charge in [0.25, 0.3) is 0 Å². The van der Waals surface area contributed by atoms with Crippen LogP contribution in [0.4, 0.5) is 0 Å². The van der Waals surface area contributed by atoms with Crippen molar-refractivity contribution in [2.75, 3.05) is 0 Å². The first-order valence-corrected chi connectivity index (χ1v) is 11.0. The SMILES string of the molecule is O=C(c1ccc2c(c1)CCCC2)C1OC(=S)SC1c1cccc2ccccc12. The molecule has 4 heteroatoms. The number of Topliss-reactive ketones (excluding diaryl/α,β-unsaturated/α-hetero) is 1. The van der Waals surface area contributed by atoms with E-state index in [2.05, 4.69) is 36.4 Å². The summed E-state index contributed by atoms with van der Waals surface area (Å²) in [6.45, 7) is 0. The Morgan fingerprint density at radius 2 is 1.75 bits per heavy atom. The molecule has 0 N–H and O–H groups in total. The molecule has 2 aliphatic rings. The maximum atomic E-state index is 13.4. The number of carbonyl (C=O) groups is 1. The Hall–Kier alpha value is -2.17. The van der Waals surface area contributed by atoms with Crippen LogP contribution in [0.25, 0.3) is 10.8 Å². The van der Waals surface area contributed by atoms with Crippen molar-refractivity contribution in [1.29, 1.82) is 0 Å². The number of ether oxygens (including phenoxy) is 1. The fourth-order valence-corrected chi connectivity index (χ4v) is 5.74. The first-order valence-electron chi connectivity index (χ1n) is 9.72. The van der Waals surface area contributed by atoms with E-state index in [1.54, 1.807) is 0 Å². The molecule has 3 aromatic rings. The molecule has 1 saturated heterocycles. The van der Waals surface area contributed by atoms with Crippen LogP contribution in [-0.2, 0) is 17.6 Å². The lowest BCUT2D eigenvalue weighted by atomic mass is 9.88. The van der Waals surface area contributed by atoms with Gasteiger partial charge in [-0.05, 0) is 71.4 Å². The van der Waals surface area contributed by atoms with E-state index < -0.39 is 6.10 Å². The molecule has 0 saturated carbocycles. The van der Waals surface area contributed by atoms with Gasteiger partial charge in [0.1, 0.15) is 0 Å². The van der Waals surface area contributed by atoms with Crippen molar-refractivity contribution in [3.8, 4) is 0 Å². The first kappa shape index (κ1) is 17.9. The van der Waals surface area contributed by atoms with Gasteiger partial charge in [0, 0.05) is 5.56 Å². The van der Waals surface area contributed by atoms with Crippen molar-refractivity contribution < 1.29 is 9.53 Å². The summed E-state index contributed by atoms with van der Waals surface area (Å²) in [6, 6.07) is 20.6. The van der Waals surface area contributed by atoms with E-state index >= 15 is 0 Å². The van der Waals surface area contributed by atoms with E-state index in [0.29, 0.717) is 4.38 Å². The topological polar surface area (TPSA) is 26.3 Å². The molecule has 0 spiro atoms. The van der Waals surface area contributed by atoms with Crippen LogP contribution in [0.1, 0.15) is 45.1 Å². The molecule has 1 fully saturated rings. The molecule has 2 atom stereocenters. The molecule has 5 rings (SSSR count). The molecule has 3 aromatic carbocycles. The number of fused-ring (bicyclic) bond motifs is 2. The molecule has 0 bridgehead atoms. The zero-order chi connectivity index (χ0) is 19.1. The minimum absolute atomic E-state index is 0.0265. The molecule has 2 nitrogen and oxygen atoms in total. The predicted octanol–water partition coefficient (Wildman–Crippen LogP) is 6.06. The van der Waals surface area contributed by atoms with E-state index in [9.17, 15) is 4.79 Å². The van der Waals surface area contributed by atoms with Gasteiger partial charge in [-0.3, -0.25) is 4.79 Å². The van der Waals surface area contributed by atoms with E-state index in [1.807, 2.05) is 24.3 Å². The highest BCUT2D eigenvalue weighted by molar-refractivity contribution is 8.23. The molecule has 1 aliphatic heterocycles. The van der Waals surface area contributed by atoms with Crippen LogP contribution >= 0.6 is 24.0 Å². The summed E-state index contributed by atoms with van der Waals surface area (Å²) in [7, 11) is 0. The zero-order valence-corrected chi connectivity index (χ0v) is 17.0. The lowest BCUT2D eigenvalue weighted by molar-refractivity contribution is 0.0797. The Morgan fingerprint density at radius 3 is 2.64 bits per heavy atom. The number of ketones is 1. The number of benzene rings is 3. The minimum atomic E-state index is -0.579. The average molecular weight is 405 g/mol. The highest BCUT2D eigenvalue weighted by Crippen LogP contribution is 2.45. The Labute approximate surface area is 174 Å². The summed E-state index contributed by atoms with van der Waals surface area (Å²) in [5.74, 6) is 0.0265. The number of hydrogen-bond acceptors (Lipinski definition) is 4. The maximum absolute atomic E-state index is 13.4. The van der Waals surface area contributed by atoms with Crippen LogP contribution in [0, 0.1) is 0 Å². The van der Waals surface area contributed by atoms with Crippen LogP contribution in [0.3, 0.4) is 0 Å². The fourth-order valence-electron chi connectivity index (χ4n) is 4.33. The molecule has 0 amide bonds. The summed E-state index contributed by atoms with van der Waals surface area (Å²) in [5.41, 5.74) is 4.54. The average Bonchev–Trinajstić information content (AvgIpc) is 3.14. The molecule has 0 radical (unpaired) electrons. The van der Waals surface area contributed by atoms with Gasteiger partial charge in [0.2, 0.25) is 10.2 Å². The molecule has 28 heavy (non-hydrogen) atoms. The van der Waals surface area contributed by atoms with Gasteiger partial charge < -0.3 is 4.74 Å². The van der Waals surface area contributed by atoms with Crippen molar-refractivity contribution in [1.82, 2.24) is 0 Å². The van der Waals surface area contributed by atoms with E-state index in [-0.39, 0.29) is 11.0 Å². The monoisotopic (exact) mass is 404 g/mol. The van der Waals surface area contributed by atoms with Gasteiger partial charge in [-0.25, -0.2) is 0 Å². The highest BCUT2D eigenvalue weighted by atomic mass is 32.2. The molecular weight excluding hydrogens is 384 g/mol. The molecule has 1 heterocycles. The van der Waals surface area contributed by atoms with E-state index in [0.717, 1.165) is 29.4 Å². The van der Waals surface area contributed by atoms with E-state index in [1.165, 1.54) is 41.1 Å². The molecular formula is C24H20O2S2. The second-order valence-electron chi connectivity index (χ2n) is 7.45. The van der Waals surface area contributed by atoms with Crippen molar-refractivity contribution in [2.45, 2.75) is 37.0 Å². The number of hydrogen-bond donors (Lipinski definition) is 0. The fraction of sp³-hybridized carbons (Fsp3) is 0.250. The quantitative estimate of drug-likeness (QED) is 0.391. The predicted molar refractivity (Wildman–Crippen MR) is 119 cm³/mol. The third-order valence-electron chi connectivity index (χ3n) is 5.74. The Bertz CT molecular complexity index is 1080. The number of thioether (sulfide) groups is 1. The van der Waals surface area contributed by atoms with Crippen molar-refractivity contribution in [3.63, 3.8) is 0 Å². The summed E-state index contributed by atoms with van der Waals surface area (Å²) < 4.78 is 6.34. The number of aryl methyl sites for hydroxylation is 2. The van der Waals surface area contributed by atoms with Gasteiger partial charge >= 0.3 is 0 Å². The number of thiocarbonyl (C=S) groups is 1. The second-order valence-corrected chi connectivity index (χ2v) is 9.19. The molecule has 2 unspecified atom stereocenters. The standard InChI is InChI=1S/C24H20O2S2/c25-21(18-13-12-15-6-1-2-8-17(15)14-18)22-23(28-24(27)26-22)20-11-5-9-16-7-3-4-10-19(16)20/h3-5,7,9-14,22-23H,1-2,6,8H2. The van der Waals surface area contributed by atoms with Gasteiger partial charge in [-0.15, -0.1) is 0 Å². The van der Waals surface area contributed by atoms with Crippen molar-refractivity contribution >= 4 is 44.9 Å². The third kappa shape index (κ3) is 3.15. The van der Waals surface area contributed by atoms with Crippen LogP contribution in [-0.4, -0.2) is 16.3 Å². The number of carbonyl (C=O) groups excluding carboxylic acids is 1. The van der Waals surface area contributed by atoms with E-state index in [4.69, 9.17) is 17.0 Å². The lowest BCUT2D eigenvalue weighted by Gasteiger charge is -2.20. The van der Waals surface area contributed by atoms with Gasteiger partial charge in [-0.1, -0.05) is 66.4 Å². The molecule has 140 valence electrons. The van der Waals surface area contributed by atoms with Crippen molar-refractivity contribution in [2.24, 2.45) is 0 Å². The summed E-state index contributed by atoms with van der Waals surface area (Å²) in [6.07, 6.45) is 4.03. The first-order chi connectivity index (χ1) is 13.7. The van der Waals surface area contributed by atoms with Crippen LogP contribution in [0.5, 0.6) is 0 Å². The van der Waals surface area contributed by atoms with Crippen LogP contribution < -0.4 is 0 Å². The van der Waals surface area contributed by atoms with Gasteiger partial charge in [0.15, 0.2) is 6.10 Å². The lowest BCUT2D eigenvalue weighted by Crippen LogP contribution is -2.26. The zero-order valence-electron chi connectivity index (χ0n) is 15.4. The summed E-state index contributed by atoms with van der Waals surface area (Å²) in [5, 5.41) is 2.19. The van der Waals surface area contributed by atoms with Crippen LogP contribution in [0.15, 0.2) is 60.7 Å². The van der Waals surface area contributed by atoms with Gasteiger partial charge in [-0.2, -0.15) is 0 Å². The highest BCUT2D eigenvalue weighted by Gasteiger charge is 2.41.